The van der Waals surface area contributed by atoms with Crippen LogP contribution < -0.4 is 0 Å². The number of oxazole rings is 1. The van der Waals surface area contributed by atoms with Crippen molar-refractivity contribution in [1.82, 2.24) is 9.88 Å². The third-order valence-corrected chi connectivity index (χ3v) is 4.65. The summed E-state index contributed by atoms with van der Waals surface area (Å²) in [6, 6.07) is 5.52. The van der Waals surface area contributed by atoms with E-state index in [4.69, 9.17) is 21.1 Å². The van der Waals surface area contributed by atoms with Crippen molar-refractivity contribution in [3.8, 4) is 0 Å². The van der Waals surface area contributed by atoms with Crippen LogP contribution in [0.25, 0.3) is 11.1 Å². The molecule has 0 bridgehead atoms. The van der Waals surface area contributed by atoms with Gasteiger partial charge in [-0.1, -0.05) is 11.6 Å². The number of carboxylic acid groups (broad SMARTS) is 1. The molecule has 23 heavy (non-hydrogen) atoms. The zero-order valence-electron chi connectivity index (χ0n) is 13.0. The van der Waals surface area contributed by atoms with Gasteiger partial charge in [0.15, 0.2) is 11.5 Å². The Balaban J connectivity index is 1.50. The van der Waals surface area contributed by atoms with Crippen molar-refractivity contribution in [2.24, 2.45) is 0 Å². The largest absolute Gasteiger partial charge is 0.481 e. The molecule has 0 aliphatic carbocycles. The van der Waals surface area contributed by atoms with E-state index in [1.54, 1.807) is 0 Å². The summed E-state index contributed by atoms with van der Waals surface area (Å²) >= 11 is 5.99. The predicted molar refractivity (Wildman–Crippen MR) is 88.9 cm³/mol. The first-order valence-corrected chi connectivity index (χ1v) is 8.50. The normalized spacial score (nSPS) is 16.9. The molecule has 5 nitrogen and oxygen atoms in total. The highest BCUT2D eigenvalue weighted by atomic mass is 35.5. The molecule has 2 aromatic rings. The number of halogens is 1. The van der Waals surface area contributed by atoms with Gasteiger partial charge in [0.2, 0.25) is 0 Å². The van der Waals surface area contributed by atoms with Gasteiger partial charge < -0.3 is 14.4 Å². The van der Waals surface area contributed by atoms with Crippen LogP contribution in [0.15, 0.2) is 22.6 Å². The second-order valence-electron chi connectivity index (χ2n) is 6.13. The number of nitrogens with zero attached hydrogens (tertiary/aromatic N) is 2. The molecule has 1 aromatic heterocycles. The van der Waals surface area contributed by atoms with Crippen LogP contribution >= 0.6 is 11.6 Å². The number of fused-ring (bicyclic) bond motifs is 1. The predicted octanol–water partition coefficient (Wildman–Crippen LogP) is 3.92. The van der Waals surface area contributed by atoms with Crippen LogP contribution in [0.5, 0.6) is 0 Å². The molecule has 2 heterocycles. The van der Waals surface area contributed by atoms with E-state index < -0.39 is 5.97 Å². The maximum atomic E-state index is 10.5. The van der Waals surface area contributed by atoms with Crippen LogP contribution in [0.1, 0.15) is 43.9 Å². The van der Waals surface area contributed by atoms with Crippen LogP contribution in [0.3, 0.4) is 0 Å². The van der Waals surface area contributed by atoms with E-state index in [0.717, 1.165) is 62.3 Å². The molecule has 124 valence electrons. The van der Waals surface area contributed by atoms with Crippen molar-refractivity contribution in [2.45, 2.75) is 38.0 Å². The van der Waals surface area contributed by atoms with Crippen molar-refractivity contribution in [3.05, 3.63) is 29.1 Å². The van der Waals surface area contributed by atoms with Gasteiger partial charge >= 0.3 is 5.97 Å². The average molecular weight is 337 g/mol. The van der Waals surface area contributed by atoms with Gasteiger partial charge in [0.1, 0.15) is 5.52 Å². The third kappa shape index (κ3) is 4.24. The molecule has 0 unspecified atom stereocenters. The lowest BCUT2D eigenvalue weighted by atomic mass is 9.96. The van der Waals surface area contributed by atoms with Gasteiger partial charge in [-0.25, -0.2) is 4.98 Å². The highest BCUT2D eigenvalue weighted by Gasteiger charge is 2.24. The number of likely N-dealkylation sites (tertiary alicyclic amines) is 1. The van der Waals surface area contributed by atoms with E-state index in [9.17, 15) is 4.79 Å². The number of unbranched alkanes of at least 4 members (excludes halogenated alkanes) is 1. The summed E-state index contributed by atoms with van der Waals surface area (Å²) < 4.78 is 5.87. The quantitative estimate of drug-likeness (QED) is 0.810. The highest BCUT2D eigenvalue weighted by molar-refractivity contribution is 6.31. The second-order valence-corrected chi connectivity index (χ2v) is 6.57. The first-order valence-electron chi connectivity index (χ1n) is 8.12. The Bertz CT molecular complexity index is 678. The van der Waals surface area contributed by atoms with E-state index >= 15 is 0 Å². The van der Waals surface area contributed by atoms with Crippen molar-refractivity contribution in [3.63, 3.8) is 0 Å². The Hall–Kier alpha value is -1.59. The Morgan fingerprint density at radius 1 is 1.35 bits per heavy atom. The number of hydrogen-bond acceptors (Lipinski definition) is 4. The number of benzene rings is 1. The molecule has 1 fully saturated rings. The van der Waals surface area contributed by atoms with E-state index in [1.807, 2.05) is 18.2 Å². The third-order valence-electron chi connectivity index (χ3n) is 4.42. The minimum atomic E-state index is -0.709. The van der Waals surface area contributed by atoms with Crippen molar-refractivity contribution < 1.29 is 14.3 Å². The molecule has 1 aliphatic rings. The SMILES string of the molecule is O=C(O)CCCCN1CCC(c2nc3cc(Cl)ccc3o2)CC1. The zero-order valence-corrected chi connectivity index (χ0v) is 13.8. The van der Waals surface area contributed by atoms with Crippen molar-refractivity contribution >= 4 is 28.7 Å². The number of carbonyl (C=O) groups is 1. The number of piperidine rings is 1. The van der Waals surface area contributed by atoms with E-state index in [-0.39, 0.29) is 6.42 Å². The molecular formula is C17H21ClN2O3. The van der Waals surface area contributed by atoms with Crippen molar-refractivity contribution in [2.75, 3.05) is 19.6 Å². The molecule has 0 amide bonds. The molecule has 0 spiro atoms. The fourth-order valence-corrected chi connectivity index (χ4v) is 3.27. The average Bonchev–Trinajstić information content (AvgIpc) is 2.95. The molecule has 0 saturated carbocycles. The lowest BCUT2D eigenvalue weighted by Crippen LogP contribution is -2.33. The fraction of sp³-hybridized carbons (Fsp3) is 0.529. The van der Waals surface area contributed by atoms with Crippen LogP contribution in [0, 0.1) is 0 Å². The van der Waals surface area contributed by atoms with Crippen LogP contribution in [0.2, 0.25) is 5.02 Å². The minimum absolute atomic E-state index is 0.266. The molecule has 1 saturated heterocycles. The van der Waals surface area contributed by atoms with Crippen LogP contribution in [-0.4, -0.2) is 40.6 Å². The number of aromatic nitrogens is 1. The summed E-state index contributed by atoms with van der Waals surface area (Å²) in [6.45, 7) is 3.00. The van der Waals surface area contributed by atoms with Gasteiger partial charge in [-0.3, -0.25) is 4.79 Å². The Morgan fingerprint density at radius 2 is 2.13 bits per heavy atom. The maximum absolute atomic E-state index is 10.5. The molecule has 1 N–H and O–H groups in total. The molecule has 6 heteroatoms. The van der Waals surface area contributed by atoms with Gasteiger partial charge in [-0.15, -0.1) is 0 Å². The van der Waals surface area contributed by atoms with Crippen LogP contribution in [-0.2, 0) is 4.79 Å². The molecule has 3 rings (SSSR count). The first kappa shape index (κ1) is 16.3. The van der Waals surface area contributed by atoms with E-state index in [2.05, 4.69) is 9.88 Å². The summed E-state index contributed by atoms with van der Waals surface area (Å²) in [4.78, 5) is 17.5. The summed E-state index contributed by atoms with van der Waals surface area (Å²) in [7, 11) is 0. The summed E-state index contributed by atoms with van der Waals surface area (Å²) in [5, 5.41) is 9.32. The van der Waals surface area contributed by atoms with Gasteiger partial charge in [0, 0.05) is 17.4 Å². The standard InChI is InChI=1S/C17H21ClN2O3/c18-13-4-5-15-14(11-13)19-17(23-15)12-6-9-20(10-7-12)8-2-1-3-16(21)22/h4-5,11-12H,1-3,6-10H2,(H,21,22). The number of aliphatic carboxylic acids is 1. The van der Waals surface area contributed by atoms with E-state index in [1.165, 1.54) is 0 Å². The number of carboxylic acids is 1. The number of rotatable bonds is 6. The van der Waals surface area contributed by atoms with Crippen molar-refractivity contribution in [1.29, 1.82) is 0 Å². The minimum Gasteiger partial charge on any atom is -0.481 e. The topological polar surface area (TPSA) is 66.6 Å². The molecule has 0 atom stereocenters. The van der Waals surface area contributed by atoms with Crippen LogP contribution in [0.4, 0.5) is 0 Å². The van der Waals surface area contributed by atoms with Gasteiger partial charge in [0.05, 0.1) is 0 Å². The van der Waals surface area contributed by atoms with Gasteiger partial charge in [-0.05, 0) is 63.5 Å². The molecule has 1 aromatic carbocycles. The first-order chi connectivity index (χ1) is 11.1. The van der Waals surface area contributed by atoms with E-state index in [0.29, 0.717) is 10.9 Å². The lowest BCUT2D eigenvalue weighted by molar-refractivity contribution is -0.137. The zero-order chi connectivity index (χ0) is 16.2. The molecule has 0 radical (unpaired) electrons. The smallest absolute Gasteiger partial charge is 0.303 e. The Morgan fingerprint density at radius 3 is 2.87 bits per heavy atom. The monoisotopic (exact) mass is 336 g/mol. The molecule has 1 aliphatic heterocycles. The van der Waals surface area contributed by atoms with Gasteiger partial charge in [-0.2, -0.15) is 0 Å². The maximum Gasteiger partial charge on any atom is 0.303 e. The second kappa shape index (κ2) is 7.32. The molecular weight excluding hydrogens is 316 g/mol. The highest BCUT2D eigenvalue weighted by Crippen LogP contribution is 2.30. The Kier molecular flexibility index (Phi) is 5.18. The Labute approximate surface area is 140 Å². The number of hydrogen-bond donors (Lipinski definition) is 1. The summed E-state index contributed by atoms with van der Waals surface area (Å²) in [5.41, 5.74) is 1.61. The summed E-state index contributed by atoms with van der Waals surface area (Å²) in [6.07, 6.45) is 4.01. The lowest BCUT2D eigenvalue weighted by Gasteiger charge is -2.30. The summed E-state index contributed by atoms with van der Waals surface area (Å²) in [5.74, 6) is 0.462. The fourth-order valence-electron chi connectivity index (χ4n) is 3.11. The van der Waals surface area contributed by atoms with Gasteiger partial charge in [0.25, 0.3) is 0 Å².